The van der Waals surface area contributed by atoms with Crippen LogP contribution >= 0.6 is 0 Å². The van der Waals surface area contributed by atoms with Gasteiger partial charge in [-0.15, -0.1) is 0 Å². The van der Waals surface area contributed by atoms with E-state index in [0.717, 1.165) is 0 Å². The fourth-order valence-electron chi connectivity index (χ4n) is 1.05. The number of primary amides is 1. The van der Waals surface area contributed by atoms with E-state index in [0.29, 0.717) is 0 Å². The lowest BCUT2D eigenvalue weighted by Crippen LogP contribution is -2.45. The van der Waals surface area contributed by atoms with Gasteiger partial charge in [0.25, 0.3) is 0 Å². The molecule has 5 nitrogen and oxygen atoms in total. The molecule has 0 unspecified atom stereocenters. The van der Waals surface area contributed by atoms with Gasteiger partial charge in [-0.25, -0.2) is 4.79 Å². The summed E-state index contributed by atoms with van der Waals surface area (Å²) < 4.78 is 39.1. The number of hydrogen-bond donors (Lipinski definition) is 2. The highest BCUT2D eigenvalue weighted by atomic mass is 19.4. The Hall–Kier alpha value is -1.47. The van der Waals surface area contributed by atoms with Gasteiger partial charge in [-0.2, -0.15) is 13.2 Å². The summed E-state index contributed by atoms with van der Waals surface area (Å²) in [6, 6.07) is -1.03. The van der Waals surface area contributed by atoms with Gasteiger partial charge in [-0.05, 0) is 12.3 Å². The Balaban J connectivity index is 4.18. The Morgan fingerprint density at radius 1 is 1.35 bits per heavy atom. The molecule has 0 aromatic rings. The Kier molecular flexibility index (Phi) is 5.77. The van der Waals surface area contributed by atoms with Gasteiger partial charge in [0.1, 0.15) is 6.04 Å². The van der Waals surface area contributed by atoms with Crippen LogP contribution in [0.4, 0.5) is 18.0 Å². The maximum atomic E-state index is 11.7. The van der Waals surface area contributed by atoms with Crippen LogP contribution in [-0.2, 0) is 9.53 Å². The van der Waals surface area contributed by atoms with Crippen molar-refractivity contribution in [2.45, 2.75) is 32.5 Å². The van der Waals surface area contributed by atoms with Crippen molar-refractivity contribution in [3.63, 3.8) is 0 Å². The maximum absolute atomic E-state index is 11.7. The number of rotatable bonds is 5. The molecule has 0 aliphatic carbocycles. The summed E-state index contributed by atoms with van der Waals surface area (Å²) in [5.41, 5.74) is 4.98. The van der Waals surface area contributed by atoms with Gasteiger partial charge in [0, 0.05) is 0 Å². The molecule has 8 heteroatoms. The lowest BCUT2D eigenvalue weighted by atomic mass is 10.0. The highest BCUT2D eigenvalue weighted by molar-refractivity contribution is 5.84. The van der Waals surface area contributed by atoms with Crippen LogP contribution in [-0.4, -0.2) is 30.8 Å². The molecule has 0 aromatic heterocycles. The highest BCUT2D eigenvalue weighted by Crippen LogP contribution is 2.14. The van der Waals surface area contributed by atoms with Gasteiger partial charge >= 0.3 is 12.3 Å². The Bertz CT molecular complexity index is 279. The minimum absolute atomic E-state index is 0.0513. The van der Waals surface area contributed by atoms with Gasteiger partial charge < -0.3 is 15.8 Å². The summed E-state index contributed by atoms with van der Waals surface area (Å²) >= 11 is 0. The summed E-state index contributed by atoms with van der Waals surface area (Å²) in [5, 5.41) is 1.98. The molecular weight excluding hydrogens is 241 g/mol. The van der Waals surface area contributed by atoms with E-state index < -0.39 is 30.8 Å². The number of ether oxygens (including phenoxy) is 1. The first-order chi connectivity index (χ1) is 7.61. The van der Waals surface area contributed by atoms with Crippen LogP contribution in [0.15, 0.2) is 0 Å². The van der Waals surface area contributed by atoms with Gasteiger partial charge in [-0.1, -0.05) is 13.8 Å². The molecular formula is C9H15F3N2O3. The smallest absolute Gasteiger partial charge is 0.422 e. The number of nitrogens with one attached hydrogen (secondary N) is 1. The van der Waals surface area contributed by atoms with E-state index in [1.54, 1.807) is 13.8 Å². The molecule has 0 radical (unpaired) electrons. The largest absolute Gasteiger partial charge is 0.440 e. The number of carbonyl (C=O) groups excluding carboxylic acids is 2. The van der Waals surface area contributed by atoms with Crippen LogP contribution in [0.2, 0.25) is 0 Å². The quantitative estimate of drug-likeness (QED) is 0.774. The van der Waals surface area contributed by atoms with Gasteiger partial charge in [-0.3, -0.25) is 4.79 Å². The number of alkyl halides is 3. The second-order valence-electron chi connectivity index (χ2n) is 3.92. The number of alkyl carbamates (subject to hydrolysis) is 1. The molecule has 100 valence electrons. The second kappa shape index (κ2) is 6.31. The minimum atomic E-state index is -4.60. The van der Waals surface area contributed by atoms with Crippen molar-refractivity contribution in [2.75, 3.05) is 6.61 Å². The molecule has 0 bridgehead atoms. The molecule has 1 atom stereocenters. The summed E-state index contributed by atoms with van der Waals surface area (Å²) in [6.45, 7) is 1.85. The van der Waals surface area contributed by atoms with E-state index >= 15 is 0 Å². The number of carbonyl (C=O) groups is 2. The number of nitrogens with two attached hydrogens (primary N) is 1. The third kappa shape index (κ3) is 8.35. The molecule has 2 amide bonds. The minimum Gasteiger partial charge on any atom is -0.440 e. The summed E-state index contributed by atoms with van der Waals surface area (Å²) in [7, 11) is 0. The SMILES string of the molecule is CC(C)C[C@H](NC(=O)OCC(F)(F)F)C(N)=O. The van der Waals surface area contributed by atoms with E-state index in [1.807, 2.05) is 5.32 Å². The summed E-state index contributed by atoms with van der Waals surface area (Å²) in [6.07, 6.45) is -5.68. The average Bonchev–Trinajstić information content (AvgIpc) is 2.11. The topological polar surface area (TPSA) is 81.4 Å². The van der Waals surface area contributed by atoms with E-state index in [-0.39, 0.29) is 12.3 Å². The molecule has 0 aromatic carbocycles. The molecule has 3 N–H and O–H groups in total. The zero-order chi connectivity index (χ0) is 13.6. The van der Waals surface area contributed by atoms with Gasteiger partial charge in [0.05, 0.1) is 0 Å². The van der Waals surface area contributed by atoms with E-state index in [9.17, 15) is 22.8 Å². The van der Waals surface area contributed by atoms with Crippen molar-refractivity contribution in [1.29, 1.82) is 0 Å². The molecule has 0 fully saturated rings. The third-order valence-corrected chi connectivity index (χ3v) is 1.71. The zero-order valence-electron chi connectivity index (χ0n) is 9.50. The van der Waals surface area contributed by atoms with Gasteiger partial charge in [0.2, 0.25) is 5.91 Å². The third-order valence-electron chi connectivity index (χ3n) is 1.71. The Morgan fingerprint density at radius 3 is 2.24 bits per heavy atom. The van der Waals surface area contributed by atoms with E-state index in [1.165, 1.54) is 0 Å². The van der Waals surface area contributed by atoms with Crippen molar-refractivity contribution >= 4 is 12.0 Å². The van der Waals surface area contributed by atoms with Crippen LogP contribution in [0, 0.1) is 5.92 Å². The van der Waals surface area contributed by atoms with Crippen LogP contribution in [0.3, 0.4) is 0 Å². The monoisotopic (exact) mass is 256 g/mol. The second-order valence-corrected chi connectivity index (χ2v) is 3.92. The first kappa shape index (κ1) is 15.5. The first-order valence-corrected chi connectivity index (χ1v) is 4.91. The highest BCUT2D eigenvalue weighted by Gasteiger charge is 2.30. The van der Waals surface area contributed by atoms with Crippen molar-refractivity contribution in [3.05, 3.63) is 0 Å². The summed E-state index contributed by atoms with van der Waals surface area (Å²) in [4.78, 5) is 21.8. The number of halogens is 3. The standard InChI is InChI=1S/C9H15F3N2O3/c1-5(2)3-6(7(13)15)14-8(16)17-4-9(10,11)12/h5-6H,3-4H2,1-2H3,(H2,13,15)(H,14,16)/t6-/m0/s1. The molecule has 0 spiro atoms. The van der Waals surface area contributed by atoms with E-state index in [2.05, 4.69) is 4.74 Å². The van der Waals surface area contributed by atoms with Crippen molar-refractivity contribution in [3.8, 4) is 0 Å². The van der Waals surface area contributed by atoms with Gasteiger partial charge in [0.15, 0.2) is 6.61 Å². The van der Waals surface area contributed by atoms with E-state index in [4.69, 9.17) is 5.73 Å². The first-order valence-electron chi connectivity index (χ1n) is 4.91. The number of amides is 2. The van der Waals surface area contributed by atoms with Crippen molar-refractivity contribution in [2.24, 2.45) is 11.7 Å². The molecule has 0 saturated carbocycles. The summed E-state index contributed by atoms with van der Waals surface area (Å²) in [5.74, 6) is -0.766. The normalized spacial score (nSPS) is 13.3. The van der Waals surface area contributed by atoms with Crippen LogP contribution in [0.25, 0.3) is 0 Å². The lowest BCUT2D eigenvalue weighted by molar-refractivity contribution is -0.160. The predicted octanol–water partition coefficient (Wildman–Crippen LogP) is 1.17. The maximum Gasteiger partial charge on any atom is 0.422 e. The molecule has 0 aliphatic rings. The Morgan fingerprint density at radius 2 is 1.88 bits per heavy atom. The van der Waals surface area contributed by atoms with Crippen LogP contribution in [0.1, 0.15) is 20.3 Å². The fourth-order valence-corrected chi connectivity index (χ4v) is 1.05. The Labute approximate surface area is 96.5 Å². The fraction of sp³-hybridized carbons (Fsp3) is 0.778. The zero-order valence-corrected chi connectivity index (χ0v) is 9.50. The number of hydrogen-bond acceptors (Lipinski definition) is 3. The lowest BCUT2D eigenvalue weighted by Gasteiger charge is -2.17. The van der Waals surface area contributed by atoms with Crippen molar-refractivity contribution in [1.82, 2.24) is 5.32 Å². The average molecular weight is 256 g/mol. The van der Waals surface area contributed by atoms with Crippen LogP contribution in [0.5, 0.6) is 0 Å². The predicted molar refractivity (Wildman–Crippen MR) is 53.0 cm³/mol. The molecule has 0 aliphatic heterocycles. The molecule has 0 heterocycles. The molecule has 0 saturated heterocycles. The van der Waals surface area contributed by atoms with Crippen molar-refractivity contribution < 1.29 is 27.5 Å². The molecule has 0 rings (SSSR count). The molecule has 17 heavy (non-hydrogen) atoms. The van der Waals surface area contributed by atoms with Crippen LogP contribution < -0.4 is 11.1 Å².